The van der Waals surface area contributed by atoms with Crippen LogP contribution >= 0.6 is 0 Å². The predicted molar refractivity (Wildman–Crippen MR) is 72.4 cm³/mol. The standard InChI is InChI=1S/C14H22N2O/c1-10-6-11(2)8-13(7-10)16(5)14(17)12(3)9-15-4/h6-8,12,15H,9H2,1-5H3. The minimum Gasteiger partial charge on any atom is -0.319 e. The molecular weight excluding hydrogens is 212 g/mol. The van der Waals surface area contributed by atoms with E-state index in [2.05, 4.69) is 11.4 Å². The lowest BCUT2D eigenvalue weighted by Crippen LogP contribution is -2.36. The summed E-state index contributed by atoms with van der Waals surface area (Å²) in [7, 11) is 3.70. The first kappa shape index (κ1) is 13.7. The summed E-state index contributed by atoms with van der Waals surface area (Å²) in [5.74, 6) is 0.134. The zero-order chi connectivity index (χ0) is 13.0. The Morgan fingerprint density at radius 2 is 1.82 bits per heavy atom. The number of amides is 1. The Morgan fingerprint density at radius 3 is 2.29 bits per heavy atom. The molecule has 0 aliphatic carbocycles. The topological polar surface area (TPSA) is 32.3 Å². The van der Waals surface area contributed by atoms with E-state index in [0.717, 1.165) is 5.69 Å². The molecule has 0 spiro atoms. The highest BCUT2D eigenvalue weighted by atomic mass is 16.2. The molecule has 1 atom stereocenters. The number of rotatable bonds is 4. The van der Waals surface area contributed by atoms with E-state index in [1.54, 1.807) is 4.90 Å². The van der Waals surface area contributed by atoms with Crippen LogP contribution in [0, 0.1) is 19.8 Å². The number of nitrogens with zero attached hydrogens (tertiary/aromatic N) is 1. The summed E-state index contributed by atoms with van der Waals surface area (Å²) in [6, 6.07) is 6.19. The van der Waals surface area contributed by atoms with Gasteiger partial charge < -0.3 is 10.2 Å². The number of aryl methyl sites for hydroxylation is 2. The monoisotopic (exact) mass is 234 g/mol. The normalized spacial score (nSPS) is 12.3. The van der Waals surface area contributed by atoms with Crippen molar-refractivity contribution in [3.63, 3.8) is 0 Å². The zero-order valence-electron chi connectivity index (χ0n) is 11.4. The maximum absolute atomic E-state index is 12.1. The summed E-state index contributed by atoms with van der Waals surface area (Å²) in [5, 5.41) is 3.03. The maximum Gasteiger partial charge on any atom is 0.230 e. The van der Waals surface area contributed by atoms with E-state index >= 15 is 0 Å². The SMILES string of the molecule is CNCC(C)C(=O)N(C)c1cc(C)cc(C)c1. The molecule has 94 valence electrons. The first-order chi connectivity index (χ1) is 7.95. The quantitative estimate of drug-likeness (QED) is 0.865. The van der Waals surface area contributed by atoms with Gasteiger partial charge in [-0.25, -0.2) is 0 Å². The number of hydrogen-bond donors (Lipinski definition) is 1. The molecule has 3 nitrogen and oxygen atoms in total. The molecule has 1 aromatic rings. The Hall–Kier alpha value is -1.35. The Bertz CT molecular complexity index is 381. The van der Waals surface area contributed by atoms with Gasteiger partial charge in [0.2, 0.25) is 5.91 Å². The molecule has 1 N–H and O–H groups in total. The van der Waals surface area contributed by atoms with Crippen LogP contribution in [0.5, 0.6) is 0 Å². The van der Waals surface area contributed by atoms with Gasteiger partial charge in [-0.05, 0) is 44.2 Å². The molecule has 0 aromatic heterocycles. The third-order valence-corrected chi connectivity index (χ3v) is 2.86. The molecule has 0 aliphatic rings. The molecule has 0 bridgehead atoms. The van der Waals surface area contributed by atoms with Crippen LogP contribution in [0.2, 0.25) is 0 Å². The number of hydrogen-bond acceptors (Lipinski definition) is 2. The van der Waals surface area contributed by atoms with Gasteiger partial charge in [-0.3, -0.25) is 4.79 Å². The zero-order valence-corrected chi connectivity index (χ0v) is 11.4. The minimum absolute atomic E-state index is 0.00850. The van der Waals surface area contributed by atoms with Crippen LogP contribution in [0.3, 0.4) is 0 Å². The summed E-state index contributed by atoms with van der Waals surface area (Å²) in [6.07, 6.45) is 0. The maximum atomic E-state index is 12.1. The van der Waals surface area contributed by atoms with Crippen molar-refractivity contribution < 1.29 is 4.79 Å². The van der Waals surface area contributed by atoms with Gasteiger partial charge in [-0.1, -0.05) is 13.0 Å². The molecule has 17 heavy (non-hydrogen) atoms. The van der Waals surface area contributed by atoms with Crippen molar-refractivity contribution in [3.05, 3.63) is 29.3 Å². The van der Waals surface area contributed by atoms with Crippen molar-refractivity contribution in [1.82, 2.24) is 5.32 Å². The molecule has 0 saturated carbocycles. The van der Waals surface area contributed by atoms with Gasteiger partial charge in [-0.15, -0.1) is 0 Å². The van der Waals surface area contributed by atoms with E-state index in [-0.39, 0.29) is 11.8 Å². The Kier molecular flexibility index (Phi) is 4.70. The lowest BCUT2D eigenvalue weighted by atomic mass is 10.1. The van der Waals surface area contributed by atoms with E-state index in [9.17, 15) is 4.79 Å². The van der Waals surface area contributed by atoms with Crippen molar-refractivity contribution in [2.24, 2.45) is 5.92 Å². The van der Waals surface area contributed by atoms with Crippen LogP contribution in [0.4, 0.5) is 5.69 Å². The van der Waals surface area contributed by atoms with Crippen molar-refractivity contribution in [2.75, 3.05) is 25.5 Å². The summed E-state index contributed by atoms with van der Waals surface area (Å²) in [6.45, 7) is 6.74. The molecule has 0 heterocycles. The minimum atomic E-state index is -0.00850. The van der Waals surface area contributed by atoms with E-state index in [4.69, 9.17) is 0 Å². The Balaban J connectivity index is 2.88. The second-order valence-corrected chi connectivity index (χ2v) is 4.70. The second kappa shape index (κ2) is 5.82. The molecule has 1 unspecified atom stereocenters. The van der Waals surface area contributed by atoms with Crippen molar-refractivity contribution in [1.29, 1.82) is 0 Å². The highest BCUT2D eigenvalue weighted by Crippen LogP contribution is 2.19. The molecule has 1 amide bonds. The first-order valence-corrected chi connectivity index (χ1v) is 5.96. The molecule has 1 rings (SSSR count). The summed E-state index contributed by atoms with van der Waals surface area (Å²) >= 11 is 0. The van der Waals surface area contributed by atoms with Gasteiger partial charge in [0, 0.05) is 25.2 Å². The van der Waals surface area contributed by atoms with Crippen molar-refractivity contribution >= 4 is 11.6 Å². The number of benzene rings is 1. The van der Waals surface area contributed by atoms with Gasteiger partial charge in [0.25, 0.3) is 0 Å². The Morgan fingerprint density at radius 1 is 1.29 bits per heavy atom. The van der Waals surface area contributed by atoms with E-state index in [0.29, 0.717) is 6.54 Å². The average molecular weight is 234 g/mol. The third-order valence-electron chi connectivity index (χ3n) is 2.86. The first-order valence-electron chi connectivity index (χ1n) is 5.96. The smallest absolute Gasteiger partial charge is 0.230 e. The fraction of sp³-hybridized carbons (Fsp3) is 0.500. The fourth-order valence-electron chi connectivity index (χ4n) is 2.00. The number of anilines is 1. The predicted octanol–water partition coefficient (Wildman–Crippen LogP) is 2.12. The van der Waals surface area contributed by atoms with E-state index in [1.807, 2.05) is 47.0 Å². The third kappa shape index (κ3) is 3.56. The molecule has 0 radical (unpaired) electrons. The van der Waals surface area contributed by atoms with Crippen LogP contribution in [0.15, 0.2) is 18.2 Å². The number of nitrogens with one attached hydrogen (secondary N) is 1. The van der Waals surface area contributed by atoms with Crippen LogP contribution in [-0.2, 0) is 4.79 Å². The highest BCUT2D eigenvalue weighted by Gasteiger charge is 2.18. The van der Waals surface area contributed by atoms with Crippen LogP contribution in [0.1, 0.15) is 18.1 Å². The number of carbonyl (C=O) groups excluding carboxylic acids is 1. The molecule has 1 aromatic carbocycles. The van der Waals surface area contributed by atoms with Gasteiger partial charge >= 0.3 is 0 Å². The average Bonchev–Trinajstić information content (AvgIpc) is 2.26. The van der Waals surface area contributed by atoms with Gasteiger partial charge in [0.1, 0.15) is 0 Å². The molecule has 0 aliphatic heterocycles. The molecular formula is C14H22N2O. The highest BCUT2D eigenvalue weighted by molar-refractivity contribution is 5.94. The Labute approximate surface area is 104 Å². The molecule has 3 heteroatoms. The molecule has 0 fully saturated rings. The second-order valence-electron chi connectivity index (χ2n) is 4.70. The summed E-state index contributed by atoms with van der Waals surface area (Å²) in [4.78, 5) is 13.9. The van der Waals surface area contributed by atoms with Crippen LogP contribution in [0.25, 0.3) is 0 Å². The van der Waals surface area contributed by atoms with Gasteiger partial charge in [0.15, 0.2) is 0 Å². The fourth-order valence-corrected chi connectivity index (χ4v) is 2.00. The number of carbonyl (C=O) groups is 1. The summed E-state index contributed by atoms with van der Waals surface area (Å²) in [5.41, 5.74) is 3.33. The van der Waals surface area contributed by atoms with Crippen molar-refractivity contribution in [3.8, 4) is 0 Å². The van der Waals surface area contributed by atoms with Crippen LogP contribution in [-0.4, -0.2) is 26.5 Å². The lowest BCUT2D eigenvalue weighted by molar-refractivity contribution is -0.121. The van der Waals surface area contributed by atoms with E-state index in [1.165, 1.54) is 11.1 Å². The molecule has 0 saturated heterocycles. The van der Waals surface area contributed by atoms with Gasteiger partial charge in [0.05, 0.1) is 0 Å². The lowest BCUT2D eigenvalue weighted by Gasteiger charge is -2.22. The largest absolute Gasteiger partial charge is 0.319 e. The van der Waals surface area contributed by atoms with E-state index < -0.39 is 0 Å². The van der Waals surface area contributed by atoms with Gasteiger partial charge in [-0.2, -0.15) is 0 Å². The van der Waals surface area contributed by atoms with Crippen LogP contribution < -0.4 is 10.2 Å². The summed E-state index contributed by atoms with van der Waals surface area (Å²) < 4.78 is 0. The van der Waals surface area contributed by atoms with Crippen molar-refractivity contribution in [2.45, 2.75) is 20.8 Å².